The van der Waals surface area contributed by atoms with Crippen LogP contribution >= 0.6 is 7.82 Å². The number of nitrogens with zero attached hydrogens (tertiary/aromatic N) is 1. The first-order valence-corrected chi connectivity index (χ1v) is 30.4. The molecule has 0 aromatic rings. The van der Waals surface area contributed by atoms with Crippen LogP contribution in [-0.4, -0.2) is 74.3 Å². The molecule has 410 valence electrons. The van der Waals surface area contributed by atoms with Gasteiger partial charge in [0.25, 0.3) is 0 Å². The topological polar surface area (TPSA) is 111 Å². The molecule has 0 saturated heterocycles. The van der Waals surface area contributed by atoms with Crippen molar-refractivity contribution in [3.63, 3.8) is 0 Å². The number of carbonyl (C=O) groups is 2. The summed E-state index contributed by atoms with van der Waals surface area (Å²) < 4.78 is 30.6. The second-order valence-electron chi connectivity index (χ2n) is 20.5. The zero-order chi connectivity index (χ0) is 52.2. The van der Waals surface area contributed by atoms with E-state index in [1.165, 1.54) is 103 Å². The van der Waals surface area contributed by atoms with Crippen molar-refractivity contribution in [2.75, 3.05) is 40.9 Å². The van der Waals surface area contributed by atoms with Crippen LogP contribution in [0.3, 0.4) is 0 Å². The quantitative estimate of drug-likeness (QED) is 0.0156. The second kappa shape index (κ2) is 50.7. The average molecular weight is 1010 g/mol. The zero-order valence-electron chi connectivity index (χ0n) is 46.7. The molecule has 0 aromatic heterocycles. The highest BCUT2D eigenvalue weighted by molar-refractivity contribution is 7.47. The van der Waals surface area contributed by atoms with Crippen LogP contribution in [0.15, 0.2) is 85.1 Å². The molecular formula is C61H110N2O7P+. The number of amides is 1. The Morgan fingerprint density at radius 2 is 0.915 bits per heavy atom. The molecule has 0 aliphatic rings. The van der Waals surface area contributed by atoms with Gasteiger partial charge in [0.2, 0.25) is 5.91 Å². The Labute approximate surface area is 437 Å². The monoisotopic (exact) mass is 1010 g/mol. The minimum absolute atomic E-state index is 0.0260. The van der Waals surface area contributed by atoms with Crippen molar-refractivity contribution in [2.24, 2.45) is 0 Å². The van der Waals surface area contributed by atoms with E-state index < -0.39 is 20.0 Å². The number of allylic oxidation sites excluding steroid dienone is 13. The molecule has 9 nitrogen and oxygen atoms in total. The summed E-state index contributed by atoms with van der Waals surface area (Å²) in [6, 6.07) is -0.879. The van der Waals surface area contributed by atoms with Gasteiger partial charge in [0.1, 0.15) is 19.3 Å². The highest BCUT2D eigenvalue weighted by Crippen LogP contribution is 2.43. The van der Waals surface area contributed by atoms with E-state index >= 15 is 0 Å². The number of phosphoric ester groups is 1. The molecule has 0 aromatic carbocycles. The maximum atomic E-state index is 13.5. The van der Waals surface area contributed by atoms with Gasteiger partial charge in [-0.1, -0.05) is 215 Å². The molecule has 3 unspecified atom stereocenters. The Balaban J connectivity index is 5.49. The molecule has 0 saturated carbocycles. The molecule has 1 amide bonds. The van der Waals surface area contributed by atoms with Crippen molar-refractivity contribution in [1.82, 2.24) is 5.32 Å². The first-order valence-electron chi connectivity index (χ1n) is 28.9. The zero-order valence-corrected chi connectivity index (χ0v) is 47.6. The van der Waals surface area contributed by atoms with Gasteiger partial charge in [-0.25, -0.2) is 4.57 Å². The average Bonchev–Trinajstić information content (AvgIpc) is 3.33. The fraction of sp³-hybridized carbons (Fsp3) is 0.738. The molecular weight excluding hydrogens is 904 g/mol. The summed E-state index contributed by atoms with van der Waals surface area (Å²) in [5.41, 5.74) is 0. The van der Waals surface area contributed by atoms with E-state index in [4.69, 9.17) is 13.8 Å². The lowest BCUT2D eigenvalue weighted by Gasteiger charge is -2.27. The number of carbonyl (C=O) groups excluding carboxylic acids is 2. The van der Waals surface area contributed by atoms with Crippen LogP contribution < -0.4 is 5.32 Å². The summed E-state index contributed by atoms with van der Waals surface area (Å²) in [4.78, 5) is 37.6. The number of rotatable bonds is 51. The lowest BCUT2D eigenvalue weighted by molar-refractivity contribution is -0.870. The summed E-state index contributed by atoms with van der Waals surface area (Å²) >= 11 is 0. The molecule has 0 aliphatic carbocycles. The SMILES string of the molecule is CCCCC/C=C\C/C=C\C/C=C\C/C=C\CCCC(=O)OC(/C=C/CCCCCCCCCCCCC)C(COP(=O)(O)OCC[N+](C)(C)C)NC(=O)CCCCCCCC/C=C/C=C/CCCCC. The van der Waals surface area contributed by atoms with Crippen molar-refractivity contribution in [3.05, 3.63) is 85.1 Å². The summed E-state index contributed by atoms with van der Waals surface area (Å²) in [6.07, 6.45) is 65.8. The molecule has 0 fully saturated rings. The van der Waals surface area contributed by atoms with Gasteiger partial charge in [-0.2, -0.15) is 0 Å². The van der Waals surface area contributed by atoms with E-state index in [2.05, 4.69) is 99.0 Å². The van der Waals surface area contributed by atoms with Gasteiger partial charge < -0.3 is 19.4 Å². The van der Waals surface area contributed by atoms with Crippen LogP contribution in [0.2, 0.25) is 0 Å². The fourth-order valence-corrected chi connectivity index (χ4v) is 8.54. The molecule has 10 heteroatoms. The highest BCUT2D eigenvalue weighted by atomic mass is 31.2. The number of ether oxygens (including phenoxy) is 1. The minimum atomic E-state index is -4.46. The van der Waals surface area contributed by atoms with E-state index in [0.717, 1.165) is 96.3 Å². The van der Waals surface area contributed by atoms with Crippen LogP contribution in [0.25, 0.3) is 0 Å². The predicted molar refractivity (Wildman–Crippen MR) is 304 cm³/mol. The Morgan fingerprint density at radius 1 is 0.507 bits per heavy atom. The van der Waals surface area contributed by atoms with E-state index in [-0.39, 0.29) is 31.5 Å². The smallest absolute Gasteiger partial charge is 0.456 e. The molecule has 2 N–H and O–H groups in total. The predicted octanol–water partition coefficient (Wildman–Crippen LogP) is 17.4. The number of likely N-dealkylation sites (N-methyl/N-ethyl adjacent to an activating group) is 1. The Hall–Kier alpha value is -2.81. The van der Waals surface area contributed by atoms with Gasteiger partial charge in [0, 0.05) is 12.8 Å². The molecule has 0 rings (SSSR count). The van der Waals surface area contributed by atoms with Gasteiger partial charge in [-0.15, -0.1) is 0 Å². The first-order chi connectivity index (χ1) is 34.4. The first kappa shape index (κ1) is 68.2. The minimum Gasteiger partial charge on any atom is -0.456 e. The maximum absolute atomic E-state index is 13.5. The lowest BCUT2D eigenvalue weighted by Crippen LogP contribution is -2.47. The van der Waals surface area contributed by atoms with Crippen molar-refractivity contribution in [3.8, 4) is 0 Å². The summed E-state index contributed by atoms with van der Waals surface area (Å²) in [6.45, 7) is 6.90. The van der Waals surface area contributed by atoms with Crippen molar-refractivity contribution >= 4 is 19.7 Å². The van der Waals surface area contributed by atoms with Gasteiger partial charge in [0.15, 0.2) is 0 Å². The second-order valence-corrected chi connectivity index (χ2v) is 21.9. The normalized spacial score (nSPS) is 14.4. The Kier molecular flexibility index (Phi) is 48.7. The Bertz CT molecular complexity index is 1490. The third kappa shape index (κ3) is 51.9. The Morgan fingerprint density at radius 3 is 1.42 bits per heavy atom. The van der Waals surface area contributed by atoms with Crippen LogP contribution in [-0.2, 0) is 27.9 Å². The van der Waals surface area contributed by atoms with Crippen molar-refractivity contribution in [2.45, 2.75) is 251 Å². The number of nitrogens with one attached hydrogen (secondary N) is 1. The number of esters is 1. The summed E-state index contributed by atoms with van der Waals surface area (Å²) in [7, 11) is 1.45. The molecule has 0 spiro atoms. The van der Waals surface area contributed by atoms with Crippen molar-refractivity contribution < 1.29 is 37.3 Å². The number of hydrogen-bond donors (Lipinski definition) is 2. The number of hydrogen-bond acceptors (Lipinski definition) is 6. The maximum Gasteiger partial charge on any atom is 0.472 e. The van der Waals surface area contributed by atoms with Crippen LogP contribution in [0.1, 0.15) is 239 Å². The molecule has 0 aliphatic heterocycles. The van der Waals surface area contributed by atoms with Gasteiger partial charge in [-0.05, 0) is 96.0 Å². The lowest BCUT2D eigenvalue weighted by atomic mass is 10.0. The van der Waals surface area contributed by atoms with E-state index in [1.54, 1.807) is 0 Å². The number of quaternary nitrogens is 1. The fourth-order valence-electron chi connectivity index (χ4n) is 7.80. The number of phosphoric acid groups is 1. The third-order valence-corrected chi connectivity index (χ3v) is 13.3. The van der Waals surface area contributed by atoms with Crippen LogP contribution in [0.5, 0.6) is 0 Å². The largest absolute Gasteiger partial charge is 0.472 e. The molecule has 0 radical (unpaired) electrons. The third-order valence-electron chi connectivity index (χ3n) is 12.3. The van der Waals surface area contributed by atoms with Gasteiger partial charge >= 0.3 is 13.8 Å². The van der Waals surface area contributed by atoms with Gasteiger partial charge in [0.05, 0.1) is 33.8 Å². The summed E-state index contributed by atoms with van der Waals surface area (Å²) in [5, 5.41) is 3.03. The summed E-state index contributed by atoms with van der Waals surface area (Å²) in [5.74, 6) is -0.587. The van der Waals surface area contributed by atoms with E-state index in [1.807, 2.05) is 33.3 Å². The molecule has 0 heterocycles. The van der Waals surface area contributed by atoms with Crippen molar-refractivity contribution in [1.29, 1.82) is 0 Å². The van der Waals surface area contributed by atoms with E-state index in [0.29, 0.717) is 23.9 Å². The molecule has 3 atom stereocenters. The highest BCUT2D eigenvalue weighted by Gasteiger charge is 2.30. The van der Waals surface area contributed by atoms with Gasteiger partial charge in [-0.3, -0.25) is 18.6 Å². The standard InChI is InChI=1S/C61H109N2O7P/c1-7-10-13-16-19-22-25-28-30-31-33-36-39-42-45-48-51-54-61(65)70-59(52-49-46-43-40-37-34-27-24-21-18-15-12-9-3)58(57-69-71(66,67)68-56-55-63(4,5)6)62-60(64)53-50-47-44-41-38-35-32-29-26-23-20-17-14-11-8-2/h19-20,22-23,26,28-30,33,36,42,45,49,52,58-59H,7-18,21,24-25,27,31-32,34-35,37-41,43-44,46-48,50-51,53-57H2,1-6H3,(H-,62,64,66,67)/p+1/b22-19-,23-20+,29-26+,30-28-,36-33-,45-42-,52-49+. The molecule has 0 bridgehead atoms. The van der Waals surface area contributed by atoms with Crippen LogP contribution in [0.4, 0.5) is 0 Å². The van der Waals surface area contributed by atoms with E-state index in [9.17, 15) is 19.0 Å². The van der Waals surface area contributed by atoms with Crippen LogP contribution in [0, 0.1) is 0 Å². The molecule has 71 heavy (non-hydrogen) atoms. The number of unbranched alkanes of at least 4 members (excludes halogenated alkanes) is 24.